The highest BCUT2D eigenvalue weighted by molar-refractivity contribution is 6.14. The van der Waals surface area contributed by atoms with Crippen LogP contribution in [0.25, 0.3) is 111 Å². The van der Waals surface area contributed by atoms with Gasteiger partial charge in [0.1, 0.15) is 0 Å². The predicted octanol–water partition coefficient (Wildman–Crippen LogP) is 14.5. The first-order valence-electron chi connectivity index (χ1n) is 20.6. The average Bonchev–Trinajstić information content (AvgIpc) is 3.84. The summed E-state index contributed by atoms with van der Waals surface area (Å²) >= 11 is 0. The van der Waals surface area contributed by atoms with Gasteiger partial charge < -0.3 is 4.57 Å². The van der Waals surface area contributed by atoms with Gasteiger partial charge in [0.2, 0.25) is 5.95 Å². The zero-order valence-corrected chi connectivity index (χ0v) is 33.6. The van der Waals surface area contributed by atoms with Crippen LogP contribution < -0.4 is 0 Å². The smallest absolute Gasteiger partial charge is 0.238 e. The van der Waals surface area contributed by atoms with Crippen LogP contribution in [0.15, 0.2) is 213 Å². The van der Waals surface area contributed by atoms with E-state index in [2.05, 4.69) is 162 Å². The summed E-state index contributed by atoms with van der Waals surface area (Å²) in [4.78, 5) is 15.4. The maximum Gasteiger partial charge on any atom is 0.238 e. The van der Waals surface area contributed by atoms with E-state index in [-0.39, 0.29) is 0 Å². The lowest BCUT2D eigenvalue weighted by Crippen LogP contribution is -2.06. The van der Waals surface area contributed by atoms with Crippen LogP contribution >= 0.6 is 0 Å². The second-order valence-corrected chi connectivity index (χ2v) is 15.4. The Balaban J connectivity index is 1.14. The predicted molar refractivity (Wildman–Crippen MR) is 254 cm³/mol. The van der Waals surface area contributed by atoms with Gasteiger partial charge in [-0.1, -0.05) is 158 Å². The molecular formula is C56H39N5. The molecule has 5 nitrogen and oxygen atoms in total. The molecule has 0 spiro atoms. The Kier molecular flexibility index (Phi) is 8.79. The fourth-order valence-electron chi connectivity index (χ4n) is 8.76. The topological polar surface area (TPSA) is 48.5 Å². The molecule has 0 bridgehead atoms. The van der Waals surface area contributed by atoms with Crippen LogP contribution in [0.3, 0.4) is 0 Å². The highest BCUT2D eigenvalue weighted by Crippen LogP contribution is 2.40. The Morgan fingerprint density at radius 3 is 1.13 bits per heavy atom. The second-order valence-electron chi connectivity index (χ2n) is 15.4. The molecule has 61 heavy (non-hydrogen) atoms. The standard InChI is InChI=1S/C56H39N5/c1-3-16-37(2)60-50-29-25-42(38-17-8-4-9-18-38)33-46(50)47-35-44(27-30-51(47)60)45-28-32-53-49(36-45)48-34-43(39-19-10-5-11-20-39)26-31-52(48)61(53)56-58-54(40-21-12-6-13-22-40)57-55(59-56)41-23-14-7-15-24-41/h3-36H,1H2,2H3/b37-16+. The van der Waals surface area contributed by atoms with E-state index in [9.17, 15) is 0 Å². The molecule has 3 aromatic heterocycles. The summed E-state index contributed by atoms with van der Waals surface area (Å²) < 4.78 is 4.54. The Hall–Kier alpha value is -8.15. The minimum atomic E-state index is 0.569. The van der Waals surface area contributed by atoms with Gasteiger partial charge in [0.05, 0.1) is 22.1 Å². The molecule has 8 aromatic carbocycles. The monoisotopic (exact) mass is 781 g/mol. The molecule has 3 heterocycles. The van der Waals surface area contributed by atoms with E-state index in [0.29, 0.717) is 17.6 Å². The Labute approximate surface area is 353 Å². The summed E-state index contributed by atoms with van der Waals surface area (Å²) in [5.74, 6) is 1.82. The van der Waals surface area contributed by atoms with Gasteiger partial charge >= 0.3 is 0 Å². The Bertz CT molecular complexity index is 3410. The first-order valence-corrected chi connectivity index (χ1v) is 20.6. The molecule has 0 amide bonds. The molecule has 0 aliphatic rings. The first-order chi connectivity index (χ1) is 30.1. The zero-order valence-electron chi connectivity index (χ0n) is 33.6. The van der Waals surface area contributed by atoms with Gasteiger partial charge in [-0.3, -0.25) is 4.57 Å². The van der Waals surface area contributed by atoms with Gasteiger partial charge in [-0.05, 0) is 94.9 Å². The molecular weight excluding hydrogens is 743 g/mol. The molecule has 5 heteroatoms. The summed E-state index contributed by atoms with van der Waals surface area (Å²) in [6.45, 7) is 6.15. The van der Waals surface area contributed by atoms with Crippen molar-refractivity contribution in [2.45, 2.75) is 6.92 Å². The van der Waals surface area contributed by atoms with E-state index < -0.39 is 0 Å². The van der Waals surface area contributed by atoms with Crippen LogP contribution in [0.4, 0.5) is 0 Å². The molecule has 0 aliphatic carbocycles. The summed E-state index contributed by atoms with van der Waals surface area (Å²) in [7, 11) is 0. The summed E-state index contributed by atoms with van der Waals surface area (Å²) in [6, 6.07) is 68.6. The second kappa shape index (κ2) is 14.9. The van der Waals surface area contributed by atoms with Crippen LogP contribution in [-0.2, 0) is 0 Å². The Morgan fingerprint density at radius 2 is 0.738 bits per heavy atom. The molecule has 0 saturated carbocycles. The zero-order chi connectivity index (χ0) is 40.9. The normalized spacial score (nSPS) is 11.9. The van der Waals surface area contributed by atoms with Crippen molar-refractivity contribution in [3.63, 3.8) is 0 Å². The van der Waals surface area contributed by atoms with Crippen LogP contribution in [0, 0.1) is 0 Å². The molecule has 288 valence electrons. The fourth-order valence-corrected chi connectivity index (χ4v) is 8.76. The number of hydrogen-bond acceptors (Lipinski definition) is 3. The van der Waals surface area contributed by atoms with E-state index in [4.69, 9.17) is 15.0 Å². The summed E-state index contributed by atoms with van der Waals surface area (Å²) in [5.41, 5.74) is 14.3. The van der Waals surface area contributed by atoms with Crippen LogP contribution in [-0.4, -0.2) is 24.1 Å². The van der Waals surface area contributed by atoms with Crippen molar-refractivity contribution in [1.29, 1.82) is 0 Å². The summed E-state index contributed by atoms with van der Waals surface area (Å²) in [5, 5.41) is 4.64. The van der Waals surface area contributed by atoms with E-state index in [1.54, 1.807) is 0 Å². The number of aromatic nitrogens is 5. The van der Waals surface area contributed by atoms with Crippen LogP contribution in [0.2, 0.25) is 0 Å². The molecule has 0 fully saturated rings. The molecule has 0 radical (unpaired) electrons. The maximum absolute atomic E-state index is 5.18. The van der Waals surface area contributed by atoms with Gasteiger partial charge in [0.25, 0.3) is 0 Å². The SMILES string of the molecule is C=C/C=C(\C)n1c2ccc(-c3ccccc3)cc2c2cc(-c3ccc4c(c3)c3cc(-c5ccccc5)ccc3n4-c3nc(-c4ccccc4)nc(-c4ccccc4)n3)ccc21. The first kappa shape index (κ1) is 36.0. The third kappa shape index (κ3) is 6.31. The average molecular weight is 782 g/mol. The van der Waals surface area contributed by atoms with Crippen molar-refractivity contribution in [2.24, 2.45) is 0 Å². The minimum Gasteiger partial charge on any atom is -0.313 e. The van der Waals surface area contributed by atoms with Crippen molar-refractivity contribution >= 4 is 49.3 Å². The highest BCUT2D eigenvalue weighted by Gasteiger charge is 2.20. The molecule has 0 atom stereocenters. The number of fused-ring (bicyclic) bond motifs is 6. The lowest BCUT2D eigenvalue weighted by molar-refractivity contribution is 0.953. The number of benzene rings is 8. The molecule has 11 aromatic rings. The number of allylic oxidation sites excluding steroid dienone is 3. The van der Waals surface area contributed by atoms with Gasteiger partial charge in [-0.2, -0.15) is 9.97 Å². The largest absolute Gasteiger partial charge is 0.313 e. The van der Waals surface area contributed by atoms with Crippen molar-refractivity contribution in [2.75, 3.05) is 0 Å². The number of hydrogen-bond donors (Lipinski definition) is 0. The van der Waals surface area contributed by atoms with Crippen molar-refractivity contribution in [3.05, 3.63) is 213 Å². The van der Waals surface area contributed by atoms with Crippen molar-refractivity contribution in [3.8, 4) is 62.1 Å². The van der Waals surface area contributed by atoms with Crippen LogP contribution in [0.5, 0.6) is 0 Å². The van der Waals surface area contributed by atoms with Crippen molar-refractivity contribution in [1.82, 2.24) is 24.1 Å². The van der Waals surface area contributed by atoms with E-state index >= 15 is 0 Å². The molecule has 0 N–H and O–H groups in total. The quantitative estimate of drug-likeness (QED) is 0.144. The third-order valence-corrected chi connectivity index (χ3v) is 11.7. The lowest BCUT2D eigenvalue weighted by Gasteiger charge is -2.11. The lowest BCUT2D eigenvalue weighted by atomic mass is 9.98. The highest BCUT2D eigenvalue weighted by atomic mass is 15.2. The van der Waals surface area contributed by atoms with E-state index in [1.807, 2.05) is 66.7 Å². The van der Waals surface area contributed by atoms with Gasteiger partial charge in [-0.25, -0.2) is 4.98 Å². The number of nitrogens with zero attached hydrogens (tertiary/aromatic N) is 5. The maximum atomic E-state index is 5.18. The molecule has 0 saturated heterocycles. The molecule has 0 aliphatic heterocycles. The van der Waals surface area contributed by atoms with Gasteiger partial charge in [0.15, 0.2) is 11.6 Å². The van der Waals surface area contributed by atoms with Gasteiger partial charge in [-0.15, -0.1) is 0 Å². The molecule has 11 rings (SSSR count). The van der Waals surface area contributed by atoms with E-state index in [0.717, 1.165) is 71.9 Å². The minimum absolute atomic E-state index is 0.569. The molecule has 0 unspecified atom stereocenters. The fraction of sp³-hybridized carbons (Fsp3) is 0.0179. The van der Waals surface area contributed by atoms with Crippen LogP contribution in [0.1, 0.15) is 6.92 Å². The van der Waals surface area contributed by atoms with E-state index in [1.165, 1.54) is 21.9 Å². The Morgan fingerprint density at radius 1 is 0.393 bits per heavy atom. The van der Waals surface area contributed by atoms with Gasteiger partial charge in [0, 0.05) is 38.4 Å². The summed E-state index contributed by atoms with van der Waals surface area (Å²) in [6.07, 6.45) is 3.93. The third-order valence-electron chi connectivity index (χ3n) is 11.7. The van der Waals surface area contributed by atoms with Crippen molar-refractivity contribution < 1.29 is 0 Å². The number of rotatable bonds is 8.